The smallest absolute Gasteiger partial charge is 0.0323 e. The summed E-state index contributed by atoms with van der Waals surface area (Å²) in [6.45, 7) is 4.48. The van der Waals surface area contributed by atoms with E-state index in [-0.39, 0.29) is 0 Å². The van der Waals surface area contributed by atoms with E-state index in [2.05, 4.69) is 57.8 Å². The molecule has 0 aliphatic heterocycles. The Morgan fingerprint density at radius 2 is 1.28 bits per heavy atom. The first-order valence-electron chi connectivity index (χ1n) is 6.43. The average Bonchev–Trinajstić information content (AvgIpc) is 2.34. The second-order valence-electron chi connectivity index (χ2n) is 4.12. The summed E-state index contributed by atoms with van der Waals surface area (Å²) in [6.07, 6.45) is 5.09. The van der Waals surface area contributed by atoms with Gasteiger partial charge in [-0.15, -0.1) is 23.5 Å². The van der Waals surface area contributed by atoms with E-state index in [4.69, 9.17) is 0 Å². The van der Waals surface area contributed by atoms with Crippen LogP contribution in [0.2, 0.25) is 0 Å². The van der Waals surface area contributed by atoms with Crippen LogP contribution in [0.1, 0.15) is 39.5 Å². The summed E-state index contributed by atoms with van der Waals surface area (Å²) in [5, 5.41) is 0. The highest BCUT2D eigenvalue weighted by Gasteiger charge is 2.07. The highest BCUT2D eigenvalue weighted by molar-refractivity contribution is 9.11. The van der Waals surface area contributed by atoms with Gasteiger partial charge in [-0.3, -0.25) is 0 Å². The summed E-state index contributed by atoms with van der Waals surface area (Å²) in [5.41, 5.74) is 0. The van der Waals surface area contributed by atoms with Crippen LogP contribution < -0.4 is 0 Å². The van der Waals surface area contributed by atoms with Gasteiger partial charge in [0.1, 0.15) is 0 Å². The number of benzene rings is 1. The minimum Gasteiger partial charge on any atom is -0.125 e. The first-order chi connectivity index (χ1) is 8.69. The summed E-state index contributed by atoms with van der Waals surface area (Å²) >= 11 is 11.2. The normalized spacial score (nSPS) is 10.9. The number of hydrogen-bond acceptors (Lipinski definition) is 2. The van der Waals surface area contributed by atoms with Gasteiger partial charge in [-0.05, 0) is 68.3 Å². The molecule has 0 aliphatic carbocycles. The molecule has 1 rings (SSSR count). The van der Waals surface area contributed by atoms with Gasteiger partial charge in [-0.2, -0.15) is 0 Å². The van der Waals surface area contributed by atoms with Crippen LogP contribution >= 0.6 is 55.4 Å². The van der Waals surface area contributed by atoms with Crippen molar-refractivity contribution in [2.75, 3.05) is 11.5 Å². The molecular weight excluding hydrogens is 392 g/mol. The molecule has 0 amide bonds. The Kier molecular flexibility index (Phi) is 9.16. The maximum atomic E-state index is 3.66. The molecule has 0 N–H and O–H groups in total. The molecule has 0 spiro atoms. The number of hydrogen-bond donors (Lipinski definition) is 0. The van der Waals surface area contributed by atoms with E-state index in [0.29, 0.717) is 0 Å². The molecule has 0 fully saturated rings. The molecule has 0 radical (unpaired) electrons. The molecule has 0 unspecified atom stereocenters. The zero-order valence-corrected chi connectivity index (χ0v) is 15.8. The van der Waals surface area contributed by atoms with Crippen LogP contribution in [0.4, 0.5) is 0 Å². The van der Waals surface area contributed by atoms with Crippen LogP contribution in [0.3, 0.4) is 0 Å². The molecule has 4 heteroatoms. The maximum Gasteiger partial charge on any atom is 0.0323 e. The van der Waals surface area contributed by atoms with Crippen molar-refractivity contribution in [1.82, 2.24) is 0 Å². The molecular formula is C14H20Br2S2. The zero-order valence-electron chi connectivity index (χ0n) is 11.0. The van der Waals surface area contributed by atoms with Crippen molar-refractivity contribution in [1.29, 1.82) is 0 Å². The van der Waals surface area contributed by atoms with Gasteiger partial charge in [0.25, 0.3) is 0 Å². The van der Waals surface area contributed by atoms with Gasteiger partial charge in [-0.1, -0.05) is 26.7 Å². The molecule has 18 heavy (non-hydrogen) atoms. The molecule has 0 aromatic heterocycles. The third-order valence-electron chi connectivity index (χ3n) is 2.50. The molecule has 0 nitrogen and oxygen atoms in total. The monoisotopic (exact) mass is 410 g/mol. The largest absolute Gasteiger partial charge is 0.125 e. The third kappa shape index (κ3) is 5.89. The van der Waals surface area contributed by atoms with Crippen molar-refractivity contribution >= 4 is 55.4 Å². The second-order valence-corrected chi connectivity index (χ2v) is 8.10. The summed E-state index contributed by atoms with van der Waals surface area (Å²) < 4.78 is 2.41. The Balaban J connectivity index is 2.68. The van der Waals surface area contributed by atoms with Crippen LogP contribution in [0, 0.1) is 0 Å². The van der Waals surface area contributed by atoms with Crippen molar-refractivity contribution in [2.45, 2.75) is 49.3 Å². The SMILES string of the molecule is CCCCSc1cc(SCCCC)c(Br)cc1Br. The lowest BCUT2D eigenvalue weighted by Crippen LogP contribution is -1.85. The van der Waals surface area contributed by atoms with E-state index < -0.39 is 0 Å². The highest BCUT2D eigenvalue weighted by atomic mass is 79.9. The minimum absolute atomic E-state index is 1.20. The van der Waals surface area contributed by atoms with Gasteiger partial charge < -0.3 is 0 Å². The third-order valence-corrected chi connectivity index (χ3v) is 6.62. The molecule has 0 atom stereocenters. The van der Waals surface area contributed by atoms with E-state index in [1.165, 1.54) is 55.9 Å². The van der Waals surface area contributed by atoms with Gasteiger partial charge in [-0.25, -0.2) is 0 Å². The molecule has 0 bridgehead atoms. The molecule has 1 aromatic rings. The minimum atomic E-state index is 1.20. The van der Waals surface area contributed by atoms with Crippen LogP contribution in [0.5, 0.6) is 0 Å². The van der Waals surface area contributed by atoms with Gasteiger partial charge in [0.2, 0.25) is 0 Å². The Morgan fingerprint density at radius 3 is 1.67 bits per heavy atom. The standard InChI is InChI=1S/C14H20Br2S2/c1-3-5-7-17-13-10-14(18-8-6-4-2)12(16)9-11(13)15/h9-10H,3-8H2,1-2H3. The maximum absolute atomic E-state index is 3.66. The number of rotatable bonds is 8. The van der Waals surface area contributed by atoms with Gasteiger partial charge in [0, 0.05) is 18.7 Å². The number of halogens is 2. The highest BCUT2D eigenvalue weighted by Crippen LogP contribution is 2.37. The van der Waals surface area contributed by atoms with E-state index in [0.717, 1.165) is 0 Å². The first kappa shape index (κ1) is 16.9. The van der Waals surface area contributed by atoms with Crippen molar-refractivity contribution in [2.24, 2.45) is 0 Å². The average molecular weight is 412 g/mol. The Bertz CT molecular complexity index is 336. The second kappa shape index (κ2) is 9.73. The topological polar surface area (TPSA) is 0 Å². The summed E-state index contributed by atoms with van der Waals surface area (Å²) in [6, 6.07) is 4.50. The van der Waals surface area contributed by atoms with Gasteiger partial charge >= 0.3 is 0 Å². The van der Waals surface area contributed by atoms with Crippen molar-refractivity contribution in [3.63, 3.8) is 0 Å². The molecule has 0 aliphatic rings. The fraction of sp³-hybridized carbons (Fsp3) is 0.571. The van der Waals surface area contributed by atoms with E-state index >= 15 is 0 Å². The number of thioether (sulfide) groups is 2. The molecule has 0 heterocycles. The zero-order chi connectivity index (χ0) is 13.4. The fourth-order valence-corrected chi connectivity index (χ4v) is 5.24. The van der Waals surface area contributed by atoms with Crippen LogP contribution in [0.25, 0.3) is 0 Å². The van der Waals surface area contributed by atoms with E-state index in [1.54, 1.807) is 0 Å². The van der Waals surface area contributed by atoms with Crippen LogP contribution in [-0.2, 0) is 0 Å². The quantitative estimate of drug-likeness (QED) is 0.333. The van der Waals surface area contributed by atoms with Gasteiger partial charge in [0.05, 0.1) is 0 Å². The fourth-order valence-electron chi connectivity index (χ4n) is 1.38. The Hall–Kier alpha value is 0.880. The van der Waals surface area contributed by atoms with Crippen molar-refractivity contribution < 1.29 is 0 Å². The summed E-state index contributed by atoms with van der Waals surface area (Å²) in [7, 11) is 0. The Labute approximate surface area is 136 Å². The molecule has 102 valence electrons. The molecule has 0 saturated carbocycles. The van der Waals surface area contributed by atoms with E-state index in [1.807, 2.05) is 23.5 Å². The Morgan fingerprint density at radius 1 is 0.833 bits per heavy atom. The lowest BCUT2D eigenvalue weighted by atomic mass is 10.4. The summed E-state index contributed by atoms with van der Waals surface area (Å²) in [5.74, 6) is 2.41. The van der Waals surface area contributed by atoms with Crippen LogP contribution in [0.15, 0.2) is 30.9 Å². The van der Waals surface area contributed by atoms with Crippen molar-refractivity contribution in [3.8, 4) is 0 Å². The predicted octanol–water partition coefficient (Wildman–Crippen LogP) is 7.00. The lowest BCUT2D eigenvalue weighted by molar-refractivity contribution is 0.895. The van der Waals surface area contributed by atoms with Crippen LogP contribution in [-0.4, -0.2) is 11.5 Å². The molecule has 0 saturated heterocycles. The molecule has 1 aromatic carbocycles. The predicted molar refractivity (Wildman–Crippen MR) is 93.1 cm³/mol. The number of unbranched alkanes of at least 4 members (excludes halogenated alkanes) is 2. The van der Waals surface area contributed by atoms with Gasteiger partial charge in [0.15, 0.2) is 0 Å². The first-order valence-corrected chi connectivity index (χ1v) is 9.99. The van der Waals surface area contributed by atoms with Crippen molar-refractivity contribution in [3.05, 3.63) is 21.1 Å². The van der Waals surface area contributed by atoms with E-state index in [9.17, 15) is 0 Å². The lowest BCUT2D eigenvalue weighted by Gasteiger charge is -2.09. The summed E-state index contributed by atoms with van der Waals surface area (Å²) in [4.78, 5) is 2.73.